The number of para-hydroxylation sites is 1. The van der Waals surface area contributed by atoms with Crippen LogP contribution in [0.4, 0.5) is 0 Å². The van der Waals surface area contributed by atoms with Crippen LogP contribution >= 0.6 is 0 Å². The fourth-order valence-corrected chi connectivity index (χ4v) is 5.08. The smallest absolute Gasteiger partial charge is 0.258 e. The van der Waals surface area contributed by atoms with Gasteiger partial charge in [-0.1, -0.05) is 31.9 Å². The molecule has 4 rings (SSSR count). The molecule has 0 unspecified atom stereocenters. The number of ether oxygens (including phenoxy) is 1. The van der Waals surface area contributed by atoms with E-state index in [9.17, 15) is 14.4 Å². The molecule has 1 aliphatic carbocycles. The van der Waals surface area contributed by atoms with Crippen LogP contribution in [-0.2, 0) is 9.59 Å². The first-order chi connectivity index (χ1) is 14.9. The van der Waals surface area contributed by atoms with Gasteiger partial charge in [0.15, 0.2) is 0 Å². The first-order valence-corrected chi connectivity index (χ1v) is 11.5. The van der Waals surface area contributed by atoms with Crippen molar-refractivity contribution < 1.29 is 19.1 Å². The summed E-state index contributed by atoms with van der Waals surface area (Å²) in [6, 6.07) is 7.38. The third kappa shape index (κ3) is 4.70. The van der Waals surface area contributed by atoms with Crippen LogP contribution in [0.5, 0.6) is 5.75 Å². The minimum atomic E-state index is -0.679. The van der Waals surface area contributed by atoms with Crippen molar-refractivity contribution in [2.24, 2.45) is 5.92 Å². The number of hydrogen-bond donors (Lipinski definition) is 1. The minimum Gasteiger partial charge on any atom is -0.485 e. The van der Waals surface area contributed by atoms with Crippen LogP contribution in [0.15, 0.2) is 24.3 Å². The van der Waals surface area contributed by atoms with E-state index in [1.54, 1.807) is 29.0 Å². The van der Waals surface area contributed by atoms with Gasteiger partial charge in [-0.2, -0.15) is 0 Å². The van der Waals surface area contributed by atoms with Crippen molar-refractivity contribution in [2.45, 2.75) is 63.5 Å². The Bertz CT molecular complexity index is 857. The molecule has 1 aromatic carbocycles. The molecule has 3 amide bonds. The van der Waals surface area contributed by atoms with Gasteiger partial charge in [0.1, 0.15) is 17.9 Å². The van der Waals surface area contributed by atoms with E-state index in [1.165, 1.54) is 6.42 Å². The summed E-state index contributed by atoms with van der Waals surface area (Å²) in [7, 11) is 1.80. The number of nitrogens with zero attached hydrogens (tertiary/aromatic N) is 2. The standard InChI is InChI=1S/C24H33N3O4/c1-17-7-3-5-9-19(17)25-21(28)15-27-16-24(12-11-22(29)26(2)14-13-24)31-20-10-6-4-8-18(20)23(27)30/h4,6,8,10,17,19H,3,5,7,9,11-16H2,1-2H3,(H,25,28)/t17-,19+,24+/m1/s1. The van der Waals surface area contributed by atoms with Crippen LogP contribution in [0.3, 0.4) is 0 Å². The summed E-state index contributed by atoms with van der Waals surface area (Å²) in [5, 5.41) is 3.16. The number of carbonyl (C=O) groups is 3. The van der Waals surface area contributed by atoms with Gasteiger partial charge in [-0.15, -0.1) is 0 Å². The minimum absolute atomic E-state index is 0.00524. The highest BCUT2D eigenvalue weighted by Gasteiger charge is 2.43. The van der Waals surface area contributed by atoms with Gasteiger partial charge < -0.3 is 19.9 Å². The molecule has 168 valence electrons. The Labute approximate surface area is 184 Å². The molecule has 7 heteroatoms. The number of carbonyl (C=O) groups excluding carboxylic acids is 3. The molecule has 2 heterocycles. The van der Waals surface area contributed by atoms with Crippen LogP contribution in [0.25, 0.3) is 0 Å². The highest BCUT2D eigenvalue weighted by molar-refractivity contribution is 5.99. The maximum absolute atomic E-state index is 13.4. The molecule has 2 fully saturated rings. The SMILES string of the molecule is C[C@@H]1CCCC[C@@H]1NC(=O)CN1C[C@@]2(CCC(=O)N(C)CC2)Oc2ccccc2C1=O. The van der Waals surface area contributed by atoms with Crippen molar-refractivity contribution in [2.75, 3.05) is 26.7 Å². The van der Waals surface area contributed by atoms with Gasteiger partial charge in [0.2, 0.25) is 11.8 Å². The zero-order chi connectivity index (χ0) is 22.0. The van der Waals surface area contributed by atoms with Crippen LogP contribution in [-0.4, -0.2) is 65.8 Å². The Morgan fingerprint density at radius 1 is 1.19 bits per heavy atom. The summed E-state index contributed by atoms with van der Waals surface area (Å²) in [4.78, 5) is 41.9. The van der Waals surface area contributed by atoms with Gasteiger partial charge >= 0.3 is 0 Å². The van der Waals surface area contributed by atoms with E-state index in [1.807, 2.05) is 12.1 Å². The van der Waals surface area contributed by atoms with Gasteiger partial charge in [-0.05, 0) is 37.3 Å². The third-order valence-electron chi connectivity index (χ3n) is 7.13. The summed E-state index contributed by atoms with van der Waals surface area (Å²) in [5.74, 6) is 0.760. The molecule has 1 N–H and O–H groups in total. The zero-order valence-electron chi connectivity index (χ0n) is 18.6. The van der Waals surface area contributed by atoms with E-state index in [0.717, 1.165) is 19.3 Å². The number of likely N-dealkylation sites (tertiary alicyclic amines) is 1. The number of amides is 3. The molecule has 1 spiro atoms. The number of hydrogen-bond acceptors (Lipinski definition) is 4. The summed E-state index contributed by atoms with van der Waals surface area (Å²) in [6.45, 7) is 3.05. The van der Waals surface area contributed by atoms with Crippen molar-refractivity contribution in [1.29, 1.82) is 0 Å². The molecule has 7 nitrogen and oxygen atoms in total. The molecular weight excluding hydrogens is 394 g/mol. The van der Waals surface area contributed by atoms with Crippen molar-refractivity contribution in [3.63, 3.8) is 0 Å². The second-order valence-corrected chi connectivity index (χ2v) is 9.44. The molecule has 1 saturated heterocycles. The first-order valence-electron chi connectivity index (χ1n) is 11.5. The van der Waals surface area contributed by atoms with Gasteiger partial charge in [-0.3, -0.25) is 14.4 Å². The summed E-state index contributed by atoms with van der Waals surface area (Å²) in [6.07, 6.45) is 5.97. The fraction of sp³-hybridized carbons (Fsp3) is 0.625. The van der Waals surface area contributed by atoms with Crippen LogP contribution in [0, 0.1) is 5.92 Å². The Morgan fingerprint density at radius 2 is 1.97 bits per heavy atom. The average Bonchev–Trinajstić information content (AvgIpc) is 2.96. The summed E-state index contributed by atoms with van der Waals surface area (Å²) < 4.78 is 6.44. The lowest BCUT2D eigenvalue weighted by molar-refractivity contribution is -0.129. The molecule has 3 aliphatic rings. The van der Waals surface area contributed by atoms with E-state index >= 15 is 0 Å². The highest BCUT2D eigenvalue weighted by atomic mass is 16.5. The second-order valence-electron chi connectivity index (χ2n) is 9.44. The fourth-order valence-electron chi connectivity index (χ4n) is 5.08. The topological polar surface area (TPSA) is 79.0 Å². The van der Waals surface area contributed by atoms with Crippen molar-refractivity contribution in [1.82, 2.24) is 15.1 Å². The lowest BCUT2D eigenvalue weighted by Gasteiger charge is -2.35. The molecule has 0 radical (unpaired) electrons. The van der Waals surface area contributed by atoms with Gasteiger partial charge in [0.05, 0.1) is 12.1 Å². The Balaban J connectivity index is 1.56. The highest BCUT2D eigenvalue weighted by Crippen LogP contribution is 2.35. The first kappa shape index (κ1) is 21.7. The van der Waals surface area contributed by atoms with Crippen LogP contribution in [0.1, 0.15) is 62.2 Å². The quantitative estimate of drug-likeness (QED) is 0.804. The molecule has 1 saturated carbocycles. The lowest BCUT2D eigenvalue weighted by atomic mass is 9.86. The number of benzene rings is 1. The molecule has 2 aliphatic heterocycles. The van der Waals surface area contributed by atoms with E-state index in [-0.39, 0.29) is 30.3 Å². The maximum Gasteiger partial charge on any atom is 0.258 e. The van der Waals surface area contributed by atoms with Gasteiger partial charge in [-0.25, -0.2) is 0 Å². The number of fused-ring (bicyclic) bond motifs is 1. The van der Waals surface area contributed by atoms with Gasteiger partial charge in [0, 0.05) is 32.5 Å². The Morgan fingerprint density at radius 3 is 2.77 bits per heavy atom. The zero-order valence-corrected chi connectivity index (χ0v) is 18.6. The van der Waals surface area contributed by atoms with E-state index < -0.39 is 5.60 Å². The molecule has 0 aromatic heterocycles. The van der Waals surface area contributed by atoms with E-state index in [2.05, 4.69) is 12.2 Å². The third-order valence-corrected chi connectivity index (χ3v) is 7.13. The second kappa shape index (κ2) is 8.89. The predicted molar refractivity (Wildman–Crippen MR) is 117 cm³/mol. The van der Waals surface area contributed by atoms with E-state index in [0.29, 0.717) is 49.6 Å². The molecular formula is C24H33N3O4. The lowest BCUT2D eigenvalue weighted by Crippen LogP contribution is -2.52. The van der Waals surface area contributed by atoms with Crippen LogP contribution in [0.2, 0.25) is 0 Å². The monoisotopic (exact) mass is 427 g/mol. The largest absolute Gasteiger partial charge is 0.485 e. The molecule has 31 heavy (non-hydrogen) atoms. The van der Waals surface area contributed by atoms with Crippen molar-refractivity contribution in [3.05, 3.63) is 29.8 Å². The van der Waals surface area contributed by atoms with Crippen LogP contribution < -0.4 is 10.1 Å². The average molecular weight is 428 g/mol. The summed E-state index contributed by atoms with van der Waals surface area (Å²) in [5.41, 5.74) is -0.205. The molecule has 0 bridgehead atoms. The van der Waals surface area contributed by atoms with E-state index in [4.69, 9.17) is 4.74 Å². The normalized spacial score (nSPS) is 29.1. The van der Waals surface area contributed by atoms with Gasteiger partial charge in [0.25, 0.3) is 5.91 Å². The molecule has 3 atom stereocenters. The Kier molecular flexibility index (Phi) is 6.21. The summed E-state index contributed by atoms with van der Waals surface area (Å²) >= 11 is 0. The molecule has 1 aromatic rings. The van der Waals surface area contributed by atoms with Crippen molar-refractivity contribution in [3.8, 4) is 5.75 Å². The maximum atomic E-state index is 13.4. The predicted octanol–water partition coefficient (Wildman–Crippen LogP) is 2.60. The number of rotatable bonds is 3. The van der Waals surface area contributed by atoms with Crippen molar-refractivity contribution >= 4 is 17.7 Å². The number of nitrogens with one attached hydrogen (secondary N) is 1. The Hall–Kier alpha value is -2.57.